The Morgan fingerprint density at radius 1 is 0.846 bits per heavy atom. The predicted molar refractivity (Wildman–Crippen MR) is 115 cm³/mol. The van der Waals surface area contributed by atoms with Crippen molar-refractivity contribution < 1.29 is 0 Å². The third-order valence-electron chi connectivity index (χ3n) is 6.93. The van der Waals surface area contributed by atoms with Crippen LogP contribution in [-0.4, -0.2) is 0 Å². The van der Waals surface area contributed by atoms with Gasteiger partial charge in [0.05, 0.1) is 0 Å². The Morgan fingerprint density at radius 2 is 1.46 bits per heavy atom. The maximum absolute atomic E-state index is 6.01. The fraction of sp³-hybridized carbons (Fsp3) is 0.680. The molecule has 0 saturated heterocycles. The van der Waals surface area contributed by atoms with Crippen molar-refractivity contribution in [2.75, 3.05) is 0 Å². The average molecular weight is 373 g/mol. The van der Waals surface area contributed by atoms with Crippen molar-refractivity contribution in [1.82, 2.24) is 0 Å². The zero-order chi connectivity index (χ0) is 18.2. The van der Waals surface area contributed by atoms with Crippen LogP contribution in [0.4, 0.5) is 0 Å². The van der Waals surface area contributed by atoms with E-state index in [1.165, 1.54) is 82.6 Å². The van der Waals surface area contributed by atoms with Crippen molar-refractivity contribution in [3.63, 3.8) is 0 Å². The van der Waals surface area contributed by atoms with Crippen LogP contribution in [0.15, 0.2) is 36.4 Å². The van der Waals surface area contributed by atoms with Gasteiger partial charge in [0.25, 0.3) is 0 Å². The van der Waals surface area contributed by atoms with Crippen LogP contribution in [0.5, 0.6) is 0 Å². The number of halogens is 1. The van der Waals surface area contributed by atoms with Crippen LogP contribution in [0, 0.1) is 17.8 Å². The molecule has 1 heteroatoms. The van der Waals surface area contributed by atoms with Gasteiger partial charge in [-0.3, -0.25) is 0 Å². The molecular weight excluding hydrogens is 336 g/mol. The standard InChI is InChI=1S/C25H37Cl/c1-2-5-20-8-10-21(11-9-20)6-3-4-7-22-12-14-23(15-13-22)24-16-18-25(26)19-17-24/h4,7,16-23H,2-3,5-6,8-15H2,1H3/b7-4+. The molecule has 144 valence electrons. The van der Waals surface area contributed by atoms with E-state index in [0.717, 1.165) is 28.7 Å². The quantitative estimate of drug-likeness (QED) is 0.420. The fourth-order valence-electron chi connectivity index (χ4n) is 5.22. The number of hydrogen-bond donors (Lipinski definition) is 0. The zero-order valence-corrected chi connectivity index (χ0v) is 17.4. The lowest BCUT2D eigenvalue weighted by Crippen LogP contribution is -2.14. The van der Waals surface area contributed by atoms with Crippen LogP contribution < -0.4 is 0 Å². The molecule has 0 N–H and O–H groups in total. The number of hydrogen-bond acceptors (Lipinski definition) is 0. The van der Waals surface area contributed by atoms with E-state index in [2.05, 4.69) is 31.2 Å². The van der Waals surface area contributed by atoms with E-state index < -0.39 is 0 Å². The molecule has 1 aromatic carbocycles. The highest BCUT2D eigenvalue weighted by molar-refractivity contribution is 6.30. The zero-order valence-electron chi connectivity index (χ0n) is 16.6. The minimum Gasteiger partial charge on any atom is -0.0882 e. The maximum atomic E-state index is 6.01. The highest BCUT2D eigenvalue weighted by atomic mass is 35.5. The molecule has 2 aliphatic carbocycles. The van der Waals surface area contributed by atoms with Crippen LogP contribution in [0.3, 0.4) is 0 Å². The molecule has 2 fully saturated rings. The Kier molecular flexibility index (Phi) is 8.11. The molecule has 2 aliphatic rings. The number of rotatable bonds is 7. The summed E-state index contributed by atoms with van der Waals surface area (Å²) < 4.78 is 0. The normalized spacial score (nSPS) is 29.9. The van der Waals surface area contributed by atoms with Crippen molar-refractivity contribution in [3.8, 4) is 0 Å². The lowest BCUT2D eigenvalue weighted by Gasteiger charge is -2.28. The van der Waals surface area contributed by atoms with E-state index in [0.29, 0.717) is 0 Å². The second kappa shape index (κ2) is 10.5. The van der Waals surface area contributed by atoms with Crippen LogP contribution >= 0.6 is 11.6 Å². The van der Waals surface area contributed by atoms with Gasteiger partial charge in [-0.05, 0) is 79.9 Å². The average Bonchev–Trinajstić information content (AvgIpc) is 2.68. The first-order chi connectivity index (χ1) is 12.7. The topological polar surface area (TPSA) is 0 Å². The molecule has 0 atom stereocenters. The molecule has 0 aromatic heterocycles. The largest absolute Gasteiger partial charge is 0.0882 e. The van der Waals surface area contributed by atoms with Crippen molar-refractivity contribution in [2.24, 2.45) is 17.8 Å². The minimum atomic E-state index is 0.746. The predicted octanol–water partition coefficient (Wildman–Crippen LogP) is 8.56. The second-order valence-corrected chi connectivity index (χ2v) is 9.28. The third-order valence-corrected chi connectivity index (χ3v) is 7.18. The van der Waals surface area contributed by atoms with E-state index >= 15 is 0 Å². The Labute approximate surface area is 166 Å². The van der Waals surface area contributed by atoms with Gasteiger partial charge in [0.15, 0.2) is 0 Å². The van der Waals surface area contributed by atoms with Crippen LogP contribution in [-0.2, 0) is 0 Å². The summed E-state index contributed by atoms with van der Waals surface area (Å²) in [5.74, 6) is 3.62. The smallest absolute Gasteiger partial charge is 0.0406 e. The van der Waals surface area contributed by atoms with Crippen molar-refractivity contribution in [3.05, 3.63) is 47.0 Å². The molecule has 26 heavy (non-hydrogen) atoms. The summed E-state index contributed by atoms with van der Waals surface area (Å²) in [6, 6.07) is 8.52. The minimum absolute atomic E-state index is 0.746. The van der Waals surface area contributed by atoms with E-state index in [1.807, 2.05) is 12.1 Å². The van der Waals surface area contributed by atoms with E-state index in [-0.39, 0.29) is 0 Å². The third kappa shape index (κ3) is 6.15. The van der Waals surface area contributed by atoms with E-state index in [9.17, 15) is 0 Å². The molecule has 0 heterocycles. The Balaban J connectivity index is 1.31. The summed E-state index contributed by atoms with van der Waals surface area (Å²) in [5.41, 5.74) is 1.48. The van der Waals surface area contributed by atoms with Crippen LogP contribution in [0.1, 0.15) is 95.5 Å². The van der Waals surface area contributed by atoms with Gasteiger partial charge in [0.2, 0.25) is 0 Å². The van der Waals surface area contributed by atoms with E-state index in [4.69, 9.17) is 11.6 Å². The lowest BCUT2D eigenvalue weighted by atomic mass is 9.77. The highest BCUT2D eigenvalue weighted by Crippen LogP contribution is 2.37. The maximum Gasteiger partial charge on any atom is 0.0406 e. The summed E-state index contributed by atoms with van der Waals surface area (Å²) in [4.78, 5) is 0. The number of benzene rings is 1. The lowest BCUT2D eigenvalue weighted by molar-refractivity contribution is 0.253. The molecule has 0 radical (unpaired) electrons. The SMILES string of the molecule is CCCC1CCC(CC/C=C/C2CCC(c3ccc(Cl)cc3)CC2)CC1. The van der Waals surface area contributed by atoms with Crippen LogP contribution in [0.2, 0.25) is 5.02 Å². The Bertz CT molecular complexity index is 528. The van der Waals surface area contributed by atoms with Gasteiger partial charge in [0.1, 0.15) is 0 Å². The van der Waals surface area contributed by atoms with Crippen molar-refractivity contribution >= 4 is 11.6 Å². The first-order valence-corrected chi connectivity index (χ1v) is 11.5. The van der Waals surface area contributed by atoms with Gasteiger partial charge >= 0.3 is 0 Å². The van der Waals surface area contributed by atoms with E-state index in [1.54, 1.807) is 0 Å². The van der Waals surface area contributed by atoms with Gasteiger partial charge in [0, 0.05) is 5.02 Å². The molecule has 0 unspecified atom stereocenters. The number of allylic oxidation sites excluding steroid dienone is 2. The molecule has 2 saturated carbocycles. The summed E-state index contributed by atoms with van der Waals surface area (Å²) in [7, 11) is 0. The molecule has 1 aromatic rings. The highest BCUT2D eigenvalue weighted by Gasteiger charge is 2.21. The summed E-state index contributed by atoms with van der Waals surface area (Å²) in [6.07, 6.45) is 22.0. The van der Waals surface area contributed by atoms with Gasteiger partial charge in [-0.15, -0.1) is 0 Å². The first kappa shape index (κ1) is 20.0. The Morgan fingerprint density at radius 3 is 2.08 bits per heavy atom. The molecule has 0 amide bonds. The Hall–Kier alpha value is -0.750. The summed E-state index contributed by atoms with van der Waals surface area (Å²) in [6.45, 7) is 2.33. The second-order valence-electron chi connectivity index (χ2n) is 8.84. The molecule has 0 nitrogen and oxygen atoms in total. The molecule has 0 aliphatic heterocycles. The summed E-state index contributed by atoms with van der Waals surface area (Å²) >= 11 is 6.01. The van der Waals surface area contributed by atoms with Gasteiger partial charge in [-0.2, -0.15) is 0 Å². The van der Waals surface area contributed by atoms with Gasteiger partial charge in [-0.1, -0.05) is 81.3 Å². The van der Waals surface area contributed by atoms with Crippen molar-refractivity contribution in [1.29, 1.82) is 0 Å². The molecule has 0 spiro atoms. The molecular formula is C25H37Cl. The molecule has 3 rings (SSSR count). The first-order valence-electron chi connectivity index (χ1n) is 11.2. The summed E-state index contributed by atoms with van der Waals surface area (Å²) in [5, 5.41) is 0.851. The fourth-order valence-corrected chi connectivity index (χ4v) is 5.34. The van der Waals surface area contributed by atoms with Gasteiger partial charge < -0.3 is 0 Å². The van der Waals surface area contributed by atoms with Crippen molar-refractivity contribution in [2.45, 2.75) is 89.9 Å². The monoisotopic (exact) mass is 372 g/mol. The van der Waals surface area contributed by atoms with Gasteiger partial charge in [-0.25, -0.2) is 0 Å². The molecule has 0 bridgehead atoms. The van der Waals surface area contributed by atoms with Crippen LogP contribution in [0.25, 0.3) is 0 Å².